The van der Waals surface area contributed by atoms with Gasteiger partial charge < -0.3 is 20.3 Å². The number of hydrogen-bond acceptors (Lipinski definition) is 4. The highest BCUT2D eigenvalue weighted by Gasteiger charge is 2.23. The summed E-state index contributed by atoms with van der Waals surface area (Å²) in [6.07, 6.45) is 2.49. The van der Waals surface area contributed by atoms with Gasteiger partial charge in [-0.15, -0.1) is 0 Å². The van der Waals surface area contributed by atoms with Gasteiger partial charge in [0.05, 0.1) is 12.1 Å². The molecule has 0 saturated carbocycles. The van der Waals surface area contributed by atoms with Crippen molar-refractivity contribution in [3.8, 4) is 5.75 Å². The molecule has 0 aliphatic carbocycles. The van der Waals surface area contributed by atoms with E-state index in [0.29, 0.717) is 29.4 Å². The molecular weight excluding hydrogens is 438 g/mol. The van der Waals surface area contributed by atoms with Gasteiger partial charge in [-0.3, -0.25) is 9.59 Å². The first-order valence-corrected chi connectivity index (χ1v) is 11.3. The maximum Gasteiger partial charge on any atom is 0.251 e. The maximum atomic E-state index is 13.3. The van der Waals surface area contributed by atoms with Crippen molar-refractivity contribution in [1.29, 1.82) is 0 Å². The Hall–Kier alpha value is -3.51. The van der Waals surface area contributed by atoms with Crippen molar-refractivity contribution < 1.29 is 14.3 Å². The fourth-order valence-electron chi connectivity index (χ4n) is 3.91. The van der Waals surface area contributed by atoms with E-state index in [1.165, 1.54) is 0 Å². The number of halogens is 1. The van der Waals surface area contributed by atoms with E-state index < -0.39 is 6.04 Å². The number of piperidine rings is 1. The minimum atomic E-state index is -0.653. The molecule has 1 heterocycles. The number of rotatable bonds is 7. The van der Waals surface area contributed by atoms with E-state index in [1.807, 2.05) is 59.5 Å². The molecule has 7 heteroatoms. The molecular formula is C26H26ClN3O3. The van der Waals surface area contributed by atoms with Crippen molar-refractivity contribution in [2.75, 3.05) is 29.2 Å². The number of ether oxygens (including phenoxy) is 1. The summed E-state index contributed by atoms with van der Waals surface area (Å²) in [4.78, 5) is 27.5. The normalized spacial score (nSPS) is 14.5. The molecule has 6 nitrogen and oxygen atoms in total. The molecule has 2 amide bonds. The van der Waals surface area contributed by atoms with Crippen LogP contribution in [0.1, 0.15) is 30.9 Å². The van der Waals surface area contributed by atoms with Crippen LogP contribution in [0, 0.1) is 0 Å². The topological polar surface area (TPSA) is 70.7 Å². The molecule has 1 aliphatic rings. The standard InChI is InChI=1S/C26H26ClN3O3/c1-33-23-14-13-20(17-22(23)27)29-26(32)25(18-8-3-2-4-9-18)28-19-10-7-11-21(16-19)30-15-6-5-12-24(30)31/h2-4,7-11,13-14,16-17,25,28H,5-6,12,15H2,1H3,(H,29,32). The van der Waals surface area contributed by atoms with Gasteiger partial charge >= 0.3 is 0 Å². The zero-order valence-corrected chi connectivity index (χ0v) is 19.1. The number of nitrogens with one attached hydrogen (secondary N) is 2. The smallest absolute Gasteiger partial charge is 0.251 e. The Labute approximate surface area is 198 Å². The number of carbonyl (C=O) groups is 2. The lowest BCUT2D eigenvalue weighted by Gasteiger charge is -2.27. The van der Waals surface area contributed by atoms with Crippen molar-refractivity contribution in [3.05, 3.63) is 83.4 Å². The van der Waals surface area contributed by atoms with Gasteiger partial charge in [-0.25, -0.2) is 0 Å². The number of carbonyl (C=O) groups excluding carboxylic acids is 2. The lowest BCUT2D eigenvalue weighted by molar-refractivity contribution is -0.119. The van der Waals surface area contributed by atoms with Crippen LogP contribution >= 0.6 is 11.6 Å². The summed E-state index contributed by atoms with van der Waals surface area (Å²) in [6.45, 7) is 0.711. The average molecular weight is 464 g/mol. The number of hydrogen-bond donors (Lipinski definition) is 2. The van der Waals surface area contributed by atoms with Crippen LogP contribution in [0.3, 0.4) is 0 Å². The van der Waals surface area contributed by atoms with Crippen molar-refractivity contribution in [3.63, 3.8) is 0 Å². The molecule has 1 atom stereocenters. The van der Waals surface area contributed by atoms with Gasteiger partial charge in [0.2, 0.25) is 5.91 Å². The second-order valence-electron chi connectivity index (χ2n) is 7.88. The molecule has 1 unspecified atom stereocenters. The quantitative estimate of drug-likeness (QED) is 0.474. The van der Waals surface area contributed by atoms with Crippen LogP contribution in [0.15, 0.2) is 72.8 Å². The Bertz CT molecular complexity index is 1140. The molecule has 1 aliphatic heterocycles. The molecule has 1 saturated heterocycles. The number of methoxy groups -OCH3 is 1. The van der Waals surface area contributed by atoms with Crippen LogP contribution in [0.2, 0.25) is 5.02 Å². The summed E-state index contributed by atoms with van der Waals surface area (Å²) in [7, 11) is 1.54. The minimum Gasteiger partial charge on any atom is -0.495 e. The average Bonchev–Trinajstić information content (AvgIpc) is 2.83. The second kappa shape index (κ2) is 10.4. The number of amides is 2. The first kappa shape index (κ1) is 22.7. The fourth-order valence-corrected chi connectivity index (χ4v) is 4.17. The largest absolute Gasteiger partial charge is 0.495 e. The third-order valence-corrected chi connectivity index (χ3v) is 5.90. The first-order valence-electron chi connectivity index (χ1n) is 10.9. The molecule has 0 bridgehead atoms. The Morgan fingerprint density at radius 1 is 1.00 bits per heavy atom. The predicted octanol–water partition coefficient (Wildman–Crippen LogP) is 5.66. The zero-order valence-electron chi connectivity index (χ0n) is 18.4. The highest BCUT2D eigenvalue weighted by atomic mass is 35.5. The van der Waals surface area contributed by atoms with Gasteiger partial charge in [0.1, 0.15) is 11.8 Å². The van der Waals surface area contributed by atoms with Crippen LogP contribution < -0.4 is 20.3 Å². The van der Waals surface area contributed by atoms with Crippen molar-refractivity contribution >= 4 is 40.5 Å². The number of benzene rings is 3. The highest BCUT2D eigenvalue weighted by molar-refractivity contribution is 6.32. The molecule has 1 fully saturated rings. The van der Waals surface area contributed by atoms with Crippen LogP contribution in [0.4, 0.5) is 17.1 Å². The zero-order chi connectivity index (χ0) is 23.2. The first-order chi connectivity index (χ1) is 16.0. The van der Waals surface area contributed by atoms with E-state index in [0.717, 1.165) is 29.8 Å². The monoisotopic (exact) mass is 463 g/mol. The molecule has 4 rings (SSSR count). The number of anilines is 3. The van der Waals surface area contributed by atoms with E-state index in [4.69, 9.17) is 16.3 Å². The second-order valence-corrected chi connectivity index (χ2v) is 8.29. The summed E-state index contributed by atoms with van der Waals surface area (Å²) in [6, 6.07) is 21.6. The van der Waals surface area contributed by atoms with Crippen molar-refractivity contribution in [2.45, 2.75) is 25.3 Å². The molecule has 33 heavy (non-hydrogen) atoms. The van der Waals surface area contributed by atoms with Gasteiger partial charge in [0, 0.05) is 30.0 Å². The Kier molecular flexibility index (Phi) is 7.15. The van der Waals surface area contributed by atoms with E-state index >= 15 is 0 Å². The van der Waals surface area contributed by atoms with Crippen LogP contribution in [0.25, 0.3) is 0 Å². The highest BCUT2D eigenvalue weighted by Crippen LogP contribution is 2.30. The summed E-state index contributed by atoms with van der Waals surface area (Å²) in [5.74, 6) is 0.436. The molecule has 3 aromatic carbocycles. The van der Waals surface area contributed by atoms with Crippen molar-refractivity contribution in [1.82, 2.24) is 0 Å². The summed E-state index contributed by atoms with van der Waals surface area (Å²) >= 11 is 6.22. The third-order valence-electron chi connectivity index (χ3n) is 5.61. The van der Waals surface area contributed by atoms with Crippen LogP contribution in [-0.4, -0.2) is 25.5 Å². The molecule has 170 valence electrons. The SMILES string of the molecule is COc1ccc(NC(=O)C(Nc2cccc(N3CCCCC3=O)c2)c2ccccc2)cc1Cl. The van der Waals surface area contributed by atoms with Crippen LogP contribution in [-0.2, 0) is 9.59 Å². The Morgan fingerprint density at radius 3 is 2.55 bits per heavy atom. The molecule has 2 N–H and O–H groups in total. The third kappa shape index (κ3) is 5.46. The van der Waals surface area contributed by atoms with E-state index in [2.05, 4.69) is 10.6 Å². The van der Waals surface area contributed by atoms with Crippen LogP contribution in [0.5, 0.6) is 5.75 Å². The molecule has 0 spiro atoms. The Morgan fingerprint density at radius 2 is 1.82 bits per heavy atom. The van der Waals surface area contributed by atoms with Gasteiger partial charge in [-0.05, 0) is 54.8 Å². The van der Waals surface area contributed by atoms with Gasteiger partial charge in [0.15, 0.2) is 0 Å². The minimum absolute atomic E-state index is 0.132. The maximum absolute atomic E-state index is 13.3. The fraction of sp³-hybridized carbons (Fsp3) is 0.231. The number of nitrogens with zero attached hydrogens (tertiary/aromatic N) is 1. The predicted molar refractivity (Wildman–Crippen MR) is 132 cm³/mol. The van der Waals surface area contributed by atoms with Crippen molar-refractivity contribution in [2.24, 2.45) is 0 Å². The lowest BCUT2D eigenvalue weighted by Crippen LogP contribution is -2.35. The van der Waals surface area contributed by atoms with Gasteiger partial charge in [0.25, 0.3) is 5.91 Å². The summed E-state index contributed by atoms with van der Waals surface area (Å²) in [5, 5.41) is 6.69. The summed E-state index contributed by atoms with van der Waals surface area (Å²) < 4.78 is 5.18. The van der Waals surface area contributed by atoms with E-state index in [9.17, 15) is 9.59 Å². The van der Waals surface area contributed by atoms with Gasteiger partial charge in [-0.2, -0.15) is 0 Å². The van der Waals surface area contributed by atoms with E-state index in [1.54, 1.807) is 25.3 Å². The summed E-state index contributed by atoms with van der Waals surface area (Å²) in [5.41, 5.74) is 2.97. The lowest BCUT2D eigenvalue weighted by atomic mass is 10.0. The molecule has 0 aromatic heterocycles. The molecule has 0 radical (unpaired) electrons. The Balaban J connectivity index is 1.58. The molecule has 3 aromatic rings. The van der Waals surface area contributed by atoms with Gasteiger partial charge in [-0.1, -0.05) is 48.0 Å². The van der Waals surface area contributed by atoms with E-state index in [-0.39, 0.29) is 11.8 Å².